The van der Waals surface area contributed by atoms with Gasteiger partial charge in [0.25, 0.3) is 11.7 Å². The number of halogens is 2. The number of thioether (sulfide) groups is 1. The molecular weight excluding hydrogens is 388 g/mol. The molecule has 1 aromatic carbocycles. The van der Waals surface area contributed by atoms with E-state index >= 15 is 0 Å². The van der Waals surface area contributed by atoms with E-state index in [1.54, 1.807) is 26.0 Å². The first kappa shape index (κ1) is 21.7. The lowest BCUT2D eigenvalue weighted by Crippen LogP contribution is -2.21. The van der Waals surface area contributed by atoms with E-state index in [1.807, 2.05) is 19.1 Å². The Morgan fingerprint density at radius 2 is 1.79 bits per heavy atom. The molecule has 1 amide bonds. The Bertz CT molecular complexity index is 839. The Balaban J connectivity index is 1.84. The van der Waals surface area contributed by atoms with Crippen LogP contribution in [0.25, 0.3) is 0 Å². The lowest BCUT2D eigenvalue weighted by molar-refractivity contribution is -0.147. The number of carbonyl (C=O) groups is 2. The number of hydrogen-bond donors (Lipinski definition) is 1. The molecular formula is C19H21F2N3O3S. The fraction of sp³-hybridized carbons (Fsp3) is 0.368. The van der Waals surface area contributed by atoms with Crippen LogP contribution in [0, 0.1) is 20.8 Å². The molecule has 2 rings (SSSR count). The average Bonchev–Trinajstić information content (AvgIpc) is 2.60. The van der Waals surface area contributed by atoms with Gasteiger partial charge in [-0.25, -0.2) is 9.97 Å². The van der Waals surface area contributed by atoms with Crippen LogP contribution in [0.2, 0.25) is 0 Å². The number of carbonyl (C=O) groups excluding carboxylic acids is 2. The summed E-state index contributed by atoms with van der Waals surface area (Å²) < 4.78 is 29.9. The Kier molecular flexibility index (Phi) is 7.86. The number of amides is 1. The highest BCUT2D eigenvalue weighted by molar-refractivity contribution is 7.99. The van der Waals surface area contributed by atoms with Crippen molar-refractivity contribution in [2.75, 3.05) is 11.9 Å². The van der Waals surface area contributed by atoms with Gasteiger partial charge in [0.15, 0.2) is 11.8 Å². The van der Waals surface area contributed by atoms with Gasteiger partial charge in [-0.3, -0.25) is 9.59 Å². The second kappa shape index (κ2) is 10.1. The fourth-order valence-corrected chi connectivity index (χ4v) is 3.09. The monoisotopic (exact) mass is 409 g/mol. The number of nitrogens with one attached hydrogen (secondary N) is 1. The molecule has 150 valence electrons. The van der Waals surface area contributed by atoms with Gasteiger partial charge >= 0.3 is 5.97 Å². The summed E-state index contributed by atoms with van der Waals surface area (Å²) in [7, 11) is 0. The average molecular weight is 409 g/mol. The highest BCUT2D eigenvalue weighted by atomic mass is 32.2. The van der Waals surface area contributed by atoms with Crippen molar-refractivity contribution >= 4 is 29.3 Å². The van der Waals surface area contributed by atoms with Crippen LogP contribution in [0.1, 0.15) is 28.9 Å². The van der Waals surface area contributed by atoms with Crippen LogP contribution >= 0.6 is 11.8 Å². The van der Waals surface area contributed by atoms with Gasteiger partial charge in [0.1, 0.15) is 0 Å². The molecule has 0 atom stereocenters. The van der Waals surface area contributed by atoms with E-state index in [4.69, 9.17) is 4.74 Å². The number of para-hydroxylation sites is 1. The van der Waals surface area contributed by atoms with E-state index in [1.165, 1.54) is 0 Å². The zero-order chi connectivity index (χ0) is 20.7. The molecule has 1 aromatic heterocycles. The van der Waals surface area contributed by atoms with Gasteiger partial charge in [-0.1, -0.05) is 18.2 Å². The summed E-state index contributed by atoms with van der Waals surface area (Å²) in [5.41, 5.74) is 3.36. The number of esters is 1. The second-order valence-electron chi connectivity index (χ2n) is 6.06. The van der Waals surface area contributed by atoms with Crippen LogP contribution in [0.15, 0.2) is 29.4 Å². The predicted octanol–water partition coefficient (Wildman–Crippen LogP) is 3.83. The lowest BCUT2D eigenvalue weighted by atomic mass is 10.1. The van der Waals surface area contributed by atoms with Gasteiger partial charge in [0.2, 0.25) is 0 Å². The standard InChI is InChI=1S/C19H21F2N3O3S/c1-11-6-4-5-7-15(11)24-16(25)10-27-17(26)9-8-14-12(2)22-19(23-13(14)3)28-18(20)21/h4-7,18H,8-10H2,1-3H3,(H,24,25). The number of aryl methyl sites for hydroxylation is 3. The molecule has 0 fully saturated rings. The third-order valence-corrected chi connectivity index (χ3v) is 4.53. The Hall–Kier alpha value is -2.55. The molecule has 0 saturated carbocycles. The summed E-state index contributed by atoms with van der Waals surface area (Å²) in [5.74, 6) is -3.55. The van der Waals surface area contributed by atoms with Crippen molar-refractivity contribution in [2.24, 2.45) is 0 Å². The maximum absolute atomic E-state index is 12.4. The molecule has 0 unspecified atom stereocenters. The quantitative estimate of drug-likeness (QED) is 0.405. The van der Waals surface area contributed by atoms with E-state index in [2.05, 4.69) is 15.3 Å². The van der Waals surface area contributed by atoms with Gasteiger partial charge in [0.05, 0.1) is 0 Å². The first-order valence-corrected chi connectivity index (χ1v) is 9.44. The van der Waals surface area contributed by atoms with Crippen LogP contribution in [0.5, 0.6) is 0 Å². The molecule has 0 spiro atoms. The molecule has 0 aliphatic rings. The predicted molar refractivity (Wildman–Crippen MR) is 102 cm³/mol. The van der Waals surface area contributed by atoms with E-state index < -0.39 is 17.6 Å². The normalized spacial score (nSPS) is 10.8. The number of anilines is 1. The van der Waals surface area contributed by atoms with Crippen molar-refractivity contribution in [3.8, 4) is 0 Å². The first-order chi connectivity index (χ1) is 13.3. The molecule has 0 radical (unpaired) electrons. The van der Waals surface area contributed by atoms with Crippen molar-refractivity contribution in [2.45, 2.75) is 44.5 Å². The van der Waals surface area contributed by atoms with Gasteiger partial charge in [-0.15, -0.1) is 0 Å². The molecule has 0 aliphatic carbocycles. The Morgan fingerprint density at radius 1 is 1.14 bits per heavy atom. The number of alkyl halides is 2. The number of aromatic nitrogens is 2. The maximum atomic E-state index is 12.4. The molecule has 0 aliphatic heterocycles. The van der Waals surface area contributed by atoms with E-state index in [-0.39, 0.29) is 29.9 Å². The summed E-state index contributed by atoms with van der Waals surface area (Å²) in [4.78, 5) is 31.9. The van der Waals surface area contributed by atoms with Crippen LogP contribution in [-0.4, -0.2) is 34.2 Å². The van der Waals surface area contributed by atoms with Crippen molar-refractivity contribution in [1.82, 2.24) is 9.97 Å². The molecule has 2 aromatic rings. The Morgan fingerprint density at radius 3 is 2.39 bits per heavy atom. The highest BCUT2D eigenvalue weighted by Gasteiger charge is 2.15. The smallest absolute Gasteiger partial charge is 0.306 e. The number of benzene rings is 1. The topological polar surface area (TPSA) is 81.2 Å². The molecule has 1 heterocycles. The minimum Gasteiger partial charge on any atom is -0.456 e. The third kappa shape index (κ3) is 6.56. The third-order valence-electron chi connectivity index (χ3n) is 3.96. The van der Waals surface area contributed by atoms with Crippen LogP contribution in [0.4, 0.5) is 14.5 Å². The molecule has 1 N–H and O–H groups in total. The summed E-state index contributed by atoms with van der Waals surface area (Å²) in [5, 5.41) is 2.68. The number of rotatable bonds is 8. The van der Waals surface area contributed by atoms with Crippen LogP contribution in [0.3, 0.4) is 0 Å². The summed E-state index contributed by atoms with van der Waals surface area (Å²) >= 11 is 0.281. The van der Waals surface area contributed by atoms with E-state index in [0.717, 1.165) is 5.56 Å². The molecule has 6 nitrogen and oxygen atoms in total. The fourth-order valence-electron chi connectivity index (χ4n) is 2.55. The zero-order valence-electron chi connectivity index (χ0n) is 15.8. The van der Waals surface area contributed by atoms with Crippen molar-refractivity contribution < 1.29 is 23.1 Å². The van der Waals surface area contributed by atoms with Crippen molar-refractivity contribution in [3.63, 3.8) is 0 Å². The van der Waals surface area contributed by atoms with Crippen molar-refractivity contribution in [3.05, 3.63) is 46.8 Å². The van der Waals surface area contributed by atoms with Gasteiger partial charge < -0.3 is 10.1 Å². The van der Waals surface area contributed by atoms with E-state index in [9.17, 15) is 18.4 Å². The van der Waals surface area contributed by atoms with Crippen LogP contribution < -0.4 is 5.32 Å². The van der Waals surface area contributed by atoms with Gasteiger partial charge in [0, 0.05) is 23.5 Å². The first-order valence-electron chi connectivity index (χ1n) is 8.56. The molecule has 9 heteroatoms. The summed E-state index contributed by atoms with van der Waals surface area (Å²) in [6, 6.07) is 7.28. The minimum absolute atomic E-state index is 0.00389. The molecule has 28 heavy (non-hydrogen) atoms. The summed E-state index contributed by atoms with van der Waals surface area (Å²) in [6.45, 7) is 4.84. The highest BCUT2D eigenvalue weighted by Crippen LogP contribution is 2.24. The molecule has 0 saturated heterocycles. The summed E-state index contributed by atoms with van der Waals surface area (Å²) in [6.07, 6.45) is 0.333. The van der Waals surface area contributed by atoms with Crippen molar-refractivity contribution in [1.29, 1.82) is 0 Å². The number of nitrogens with zero attached hydrogens (tertiary/aromatic N) is 2. The van der Waals surface area contributed by atoms with Gasteiger partial charge in [-0.2, -0.15) is 8.78 Å². The zero-order valence-corrected chi connectivity index (χ0v) is 16.6. The lowest BCUT2D eigenvalue weighted by Gasteiger charge is -2.11. The maximum Gasteiger partial charge on any atom is 0.306 e. The second-order valence-corrected chi connectivity index (χ2v) is 7.02. The minimum atomic E-state index is -2.59. The van der Waals surface area contributed by atoms with Crippen LogP contribution in [-0.2, 0) is 20.7 Å². The van der Waals surface area contributed by atoms with Gasteiger partial charge in [-0.05, 0) is 56.1 Å². The number of ether oxygens (including phenoxy) is 1. The number of hydrogen-bond acceptors (Lipinski definition) is 6. The largest absolute Gasteiger partial charge is 0.456 e. The SMILES string of the molecule is Cc1ccccc1NC(=O)COC(=O)CCc1c(C)nc(SC(F)F)nc1C. The molecule has 0 bridgehead atoms. The van der Waals surface area contributed by atoms with E-state index in [0.29, 0.717) is 29.1 Å². The Labute approximate surface area is 166 Å².